The van der Waals surface area contributed by atoms with Crippen LogP contribution in [-0.4, -0.2) is 79.6 Å². The largest absolute Gasteiger partial charge is 0.508 e. The first kappa shape index (κ1) is 30.1. The third-order valence-electron chi connectivity index (χ3n) is 8.19. The van der Waals surface area contributed by atoms with E-state index in [1.165, 1.54) is 0 Å². The number of pyridine rings is 1. The molecule has 2 aliphatic rings. The number of para-hydroxylation sites is 1. The number of carbonyl (C=O) groups excluding carboxylic acids is 3. The number of hydrazine groups is 1. The molecule has 0 unspecified atom stereocenters. The Morgan fingerprint density at radius 1 is 1.02 bits per heavy atom. The fourth-order valence-corrected chi connectivity index (χ4v) is 6.30. The van der Waals surface area contributed by atoms with Crippen LogP contribution in [0.5, 0.6) is 5.75 Å². The lowest BCUT2D eigenvalue weighted by Crippen LogP contribution is -2.76. The number of benzene rings is 3. The lowest BCUT2D eigenvalue weighted by Gasteiger charge is -2.55. The highest BCUT2D eigenvalue weighted by atomic mass is 35.5. The fourth-order valence-electron chi connectivity index (χ4n) is 6.09. The van der Waals surface area contributed by atoms with E-state index in [0.29, 0.717) is 17.1 Å². The lowest BCUT2D eigenvalue weighted by molar-refractivity contribution is -0.189. The van der Waals surface area contributed by atoms with Gasteiger partial charge in [-0.05, 0) is 34.9 Å². The highest BCUT2D eigenvalue weighted by molar-refractivity contribution is 6.35. The Morgan fingerprint density at radius 2 is 1.80 bits per heavy atom. The molecule has 4 aromatic rings. The highest BCUT2D eigenvalue weighted by Gasteiger charge is 2.51. The number of hydrogen-bond acceptors (Lipinski definition) is 6. The molecule has 6 rings (SSSR count). The molecule has 10 nitrogen and oxygen atoms in total. The van der Waals surface area contributed by atoms with Crippen LogP contribution in [0.25, 0.3) is 10.9 Å². The van der Waals surface area contributed by atoms with Gasteiger partial charge in [0.05, 0.1) is 23.6 Å². The number of piperazine rings is 1. The van der Waals surface area contributed by atoms with Crippen LogP contribution >= 0.6 is 11.6 Å². The van der Waals surface area contributed by atoms with E-state index in [4.69, 9.17) is 11.6 Å². The average Bonchev–Trinajstić information content (AvgIpc) is 3.04. The first-order valence-corrected chi connectivity index (χ1v) is 15.1. The summed E-state index contributed by atoms with van der Waals surface area (Å²) in [6.45, 7) is 4.59. The topological polar surface area (TPSA) is 109 Å². The molecular weight excluding hydrogens is 592 g/mol. The molecule has 0 spiro atoms. The Labute approximate surface area is 266 Å². The van der Waals surface area contributed by atoms with Crippen LogP contribution in [0, 0.1) is 0 Å². The SMILES string of the molecule is C=CCN1CC(=O)N2[C@@H](Cc3ccc(O)cc3)C(=O)N(Cc3cccc4c(Cl)ccnc34)C[C@@H]2N1C(=O)NCc1ccccc1. The van der Waals surface area contributed by atoms with Gasteiger partial charge in [0.25, 0.3) is 0 Å². The Balaban J connectivity index is 1.38. The van der Waals surface area contributed by atoms with E-state index in [2.05, 4.69) is 16.9 Å². The van der Waals surface area contributed by atoms with Crippen LogP contribution in [0.15, 0.2) is 97.7 Å². The third kappa shape index (κ3) is 6.20. The van der Waals surface area contributed by atoms with Crippen LogP contribution in [0.1, 0.15) is 16.7 Å². The number of phenolic OH excluding ortho intramolecular Hbond substituents is 1. The number of aromatic hydroxyl groups is 1. The van der Waals surface area contributed by atoms with Crippen molar-refractivity contribution in [2.45, 2.75) is 31.7 Å². The molecule has 4 amide bonds. The van der Waals surface area contributed by atoms with Crippen LogP contribution in [0.3, 0.4) is 0 Å². The van der Waals surface area contributed by atoms with Gasteiger partial charge in [0, 0.05) is 37.6 Å². The zero-order valence-electron chi connectivity index (χ0n) is 24.6. The number of amides is 4. The van der Waals surface area contributed by atoms with E-state index in [-0.39, 0.29) is 56.2 Å². The maximum Gasteiger partial charge on any atom is 0.334 e. The van der Waals surface area contributed by atoms with E-state index in [0.717, 1.165) is 22.1 Å². The molecule has 2 fully saturated rings. The smallest absolute Gasteiger partial charge is 0.334 e. The Kier molecular flexibility index (Phi) is 8.68. The maximum atomic E-state index is 14.3. The molecular formula is C34H33ClN6O4. The van der Waals surface area contributed by atoms with Gasteiger partial charge in [0.2, 0.25) is 11.8 Å². The summed E-state index contributed by atoms with van der Waals surface area (Å²) in [4.78, 5) is 49.8. The van der Waals surface area contributed by atoms with Gasteiger partial charge in [-0.3, -0.25) is 14.6 Å². The minimum atomic E-state index is -0.886. The first-order valence-electron chi connectivity index (χ1n) is 14.7. The number of fused-ring (bicyclic) bond motifs is 2. The maximum absolute atomic E-state index is 14.3. The average molecular weight is 625 g/mol. The first-order chi connectivity index (χ1) is 21.8. The summed E-state index contributed by atoms with van der Waals surface area (Å²) in [7, 11) is 0. The van der Waals surface area contributed by atoms with Crippen LogP contribution < -0.4 is 5.32 Å². The number of hydrogen-bond donors (Lipinski definition) is 2. The molecule has 2 saturated heterocycles. The van der Waals surface area contributed by atoms with E-state index >= 15 is 0 Å². The van der Waals surface area contributed by atoms with Gasteiger partial charge < -0.3 is 20.2 Å². The van der Waals surface area contributed by atoms with Crippen LogP contribution in [0.4, 0.5) is 4.79 Å². The third-order valence-corrected chi connectivity index (χ3v) is 8.52. The molecule has 0 radical (unpaired) electrons. The number of halogens is 1. The molecule has 230 valence electrons. The van der Waals surface area contributed by atoms with Gasteiger partial charge in [-0.25, -0.2) is 14.8 Å². The molecule has 3 heterocycles. The predicted molar refractivity (Wildman–Crippen MR) is 171 cm³/mol. The predicted octanol–water partition coefficient (Wildman–Crippen LogP) is 4.33. The summed E-state index contributed by atoms with van der Waals surface area (Å²) in [5.74, 6) is -0.399. The van der Waals surface area contributed by atoms with Gasteiger partial charge in [0.15, 0.2) is 0 Å². The van der Waals surface area contributed by atoms with E-state index in [1.54, 1.807) is 62.4 Å². The van der Waals surface area contributed by atoms with Crippen molar-refractivity contribution in [3.63, 3.8) is 0 Å². The molecule has 2 atom stereocenters. The second-order valence-corrected chi connectivity index (χ2v) is 11.5. The molecule has 0 bridgehead atoms. The Hall–Kier alpha value is -4.93. The Bertz CT molecular complexity index is 1730. The van der Waals surface area contributed by atoms with Gasteiger partial charge >= 0.3 is 6.03 Å². The zero-order chi connectivity index (χ0) is 31.5. The summed E-state index contributed by atoms with van der Waals surface area (Å²) >= 11 is 6.46. The van der Waals surface area contributed by atoms with Crippen molar-refractivity contribution in [3.8, 4) is 5.75 Å². The summed E-state index contributed by atoms with van der Waals surface area (Å²) in [6.07, 6.45) is 2.70. The molecule has 3 aromatic carbocycles. The molecule has 0 aliphatic carbocycles. The second kappa shape index (κ2) is 13.0. The number of nitrogens with one attached hydrogen (secondary N) is 1. The fraction of sp³-hybridized carbons (Fsp3) is 0.235. The summed E-state index contributed by atoms with van der Waals surface area (Å²) in [5.41, 5.74) is 3.18. The van der Waals surface area contributed by atoms with Crippen molar-refractivity contribution < 1.29 is 19.5 Å². The van der Waals surface area contributed by atoms with Gasteiger partial charge in [-0.15, -0.1) is 6.58 Å². The van der Waals surface area contributed by atoms with Crippen molar-refractivity contribution in [2.75, 3.05) is 19.6 Å². The van der Waals surface area contributed by atoms with E-state index in [1.807, 2.05) is 48.5 Å². The highest BCUT2D eigenvalue weighted by Crippen LogP contribution is 2.31. The molecule has 2 N–H and O–H groups in total. The minimum Gasteiger partial charge on any atom is -0.508 e. The molecule has 45 heavy (non-hydrogen) atoms. The van der Waals surface area contributed by atoms with Gasteiger partial charge in [-0.2, -0.15) is 0 Å². The van der Waals surface area contributed by atoms with Crippen molar-refractivity contribution >= 4 is 40.3 Å². The van der Waals surface area contributed by atoms with Crippen molar-refractivity contribution in [1.29, 1.82) is 0 Å². The van der Waals surface area contributed by atoms with Crippen molar-refractivity contribution in [2.24, 2.45) is 0 Å². The number of nitrogens with zero attached hydrogens (tertiary/aromatic N) is 5. The molecule has 0 saturated carbocycles. The number of carbonyl (C=O) groups is 3. The number of rotatable bonds is 8. The van der Waals surface area contributed by atoms with E-state index in [9.17, 15) is 19.5 Å². The second-order valence-electron chi connectivity index (χ2n) is 11.1. The zero-order valence-corrected chi connectivity index (χ0v) is 25.3. The monoisotopic (exact) mass is 624 g/mol. The number of aromatic nitrogens is 1. The molecule has 2 aliphatic heterocycles. The number of phenols is 1. The van der Waals surface area contributed by atoms with Crippen molar-refractivity contribution in [1.82, 2.24) is 30.1 Å². The normalized spacial score (nSPS) is 18.6. The lowest BCUT2D eigenvalue weighted by atomic mass is 9.98. The Morgan fingerprint density at radius 3 is 2.56 bits per heavy atom. The van der Waals surface area contributed by atoms with Crippen LogP contribution in [0.2, 0.25) is 5.02 Å². The van der Waals surface area contributed by atoms with Gasteiger partial charge in [-0.1, -0.05) is 78.3 Å². The summed E-state index contributed by atoms with van der Waals surface area (Å²) in [6, 6.07) is 22.2. The summed E-state index contributed by atoms with van der Waals surface area (Å²) < 4.78 is 0. The molecule has 11 heteroatoms. The minimum absolute atomic E-state index is 0.0833. The quantitative estimate of drug-likeness (QED) is 0.283. The standard InChI is InChI=1S/C34H33ClN6O4/c1-2-17-39-22-31(43)40-29(18-23-11-13-26(42)14-12-23)33(44)38(20-25-9-6-10-27-28(35)15-16-36-32(25)27)21-30(40)41(39)34(45)37-19-24-7-4-3-5-8-24/h2-16,29-30,42H,1,17-22H2,(H,37,45)/t29-,30-/m0/s1. The van der Waals surface area contributed by atoms with Gasteiger partial charge in [0.1, 0.15) is 18.0 Å². The summed E-state index contributed by atoms with van der Waals surface area (Å²) in [5, 5.41) is 17.4. The van der Waals surface area contributed by atoms with Crippen LogP contribution in [-0.2, 0) is 29.1 Å². The number of urea groups is 1. The van der Waals surface area contributed by atoms with Crippen molar-refractivity contribution in [3.05, 3.63) is 119 Å². The molecule has 1 aromatic heterocycles. The van der Waals surface area contributed by atoms with E-state index < -0.39 is 12.2 Å².